The predicted octanol–water partition coefficient (Wildman–Crippen LogP) is -7.12. The topological polar surface area (TPSA) is 80.3 Å². The zero-order valence-corrected chi connectivity index (χ0v) is 20.6. The number of hydrogen-bond donors (Lipinski definition) is 0. The third kappa shape index (κ3) is 31.8. The number of carbonyl (C=O) groups is 2. The molecule has 0 spiro atoms. The smallest absolute Gasteiger partial charge is 0.550 e. The second-order valence-electron chi connectivity index (χ2n) is 6.12. The number of carboxylic acid groups (broad SMARTS) is 2. The first-order valence-electron chi connectivity index (χ1n) is 7.33. The minimum Gasteiger partial charge on any atom is -0.550 e. The molecule has 0 unspecified atom stereocenters. The maximum absolute atomic E-state index is 9.28. The fourth-order valence-corrected chi connectivity index (χ4v) is 1.49. The fourth-order valence-electron chi connectivity index (χ4n) is 1.49. The average molecular weight is 338 g/mol. The van der Waals surface area contributed by atoms with Gasteiger partial charge in [-0.2, -0.15) is 18.8 Å². The largest absolute Gasteiger partial charge is 1.00 e. The Morgan fingerprint density at radius 1 is 0.913 bits per heavy atom. The van der Waals surface area contributed by atoms with Crippen molar-refractivity contribution in [3.63, 3.8) is 0 Å². The first-order valence-corrected chi connectivity index (χ1v) is 7.33. The molecular formula is C16H29LiNa2O4. The van der Waals surface area contributed by atoms with Gasteiger partial charge in [0.15, 0.2) is 0 Å². The van der Waals surface area contributed by atoms with Crippen molar-refractivity contribution in [2.24, 2.45) is 5.41 Å². The Labute approximate surface area is 198 Å². The van der Waals surface area contributed by atoms with E-state index in [2.05, 4.69) is 34.6 Å². The summed E-state index contributed by atoms with van der Waals surface area (Å²) in [7, 11) is 0. The molecule has 0 aromatic rings. The maximum Gasteiger partial charge on any atom is 1.00 e. The molecule has 120 valence electrons. The molecule has 0 N–H and O–H groups in total. The van der Waals surface area contributed by atoms with Crippen molar-refractivity contribution < 1.29 is 97.8 Å². The molecule has 0 rings (SSSR count). The summed E-state index contributed by atoms with van der Waals surface area (Å²) in [6, 6.07) is 0. The van der Waals surface area contributed by atoms with Crippen LogP contribution in [0.4, 0.5) is 0 Å². The van der Waals surface area contributed by atoms with Crippen molar-refractivity contribution in [1.82, 2.24) is 0 Å². The molecule has 7 heteroatoms. The molecule has 0 aromatic heterocycles. The minimum atomic E-state index is -1.63. The van der Waals surface area contributed by atoms with Gasteiger partial charge in [-0.1, -0.05) is 59.8 Å². The quantitative estimate of drug-likeness (QED) is 0.191. The molecule has 0 atom stereocenters. The molecule has 0 amide bonds. The van der Waals surface area contributed by atoms with Crippen LogP contribution in [0.3, 0.4) is 0 Å². The first kappa shape index (κ1) is 35.6. The van der Waals surface area contributed by atoms with E-state index in [1.807, 2.05) is 0 Å². The second kappa shape index (κ2) is 21.6. The molecule has 0 aromatic carbocycles. The number of aliphatic carboxylic acids is 2. The van der Waals surface area contributed by atoms with Crippen molar-refractivity contribution in [3.05, 3.63) is 5.92 Å². The number of unbranched alkanes of at least 4 members (excludes halogenated alkanes) is 4. The average Bonchev–Trinajstić information content (AvgIpc) is 2.26. The van der Waals surface area contributed by atoms with Gasteiger partial charge in [-0.05, 0) is 0 Å². The molecule has 0 bridgehead atoms. The second-order valence-corrected chi connectivity index (χ2v) is 6.12. The summed E-state index contributed by atoms with van der Waals surface area (Å²) in [5.41, 5.74) is 0.421. The molecule has 0 aliphatic carbocycles. The van der Waals surface area contributed by atoms with E-state index in [0.29, 0.717) is 5.41 Å². The van der Waals surface area contributed by atoms with Gasteiger partial charge in [0.1, 0.15) is 0 Å². The molecule has 0 aliphatic rings. The molecule has 0 fully saturated rings. The fraction of sp³-hybridized carbons (Fsp3) is 0.812. The monoisotopic (exact) mass is 338 g/mol. The van der Waals surface area contributed by atoms with Crippen LogP contribution < -0.4 is 88.2 Å². The van der Waals surface area contributed by atoms with E-state index in [0.717, 1.165) is 0 Å². The van der Waals surface area contributed by atoms with Crippen molar-refractivity contribution in [1.29, 1.82) is 0 Å². The van der Waals surface area contributed by atoms with E-state index in [4.69, 9.17) is 0 Å². The minimum absolute atomic E-state index is 0. The van der Waals surface area contributed by atoms with Crippen molar-refractivity contribution in [2.75, 3.05) is 0 Å². The van der Waals surface area contributed by atoms with Crippen LogP contribution in [-0.4, -0.2) is 11.9 Å². The molecule has 0 saturated carbocycles. The third-order valence-electron chi connectivity index (χ3n) is 3.22. The summed E-state index contributed by atoms with van der Waals surface area (Å²) in [4.78, 5) is 18.6. The molecule has 0 radical (unpaired) electrons. The van der Waals surface area contributed by atoms with E-state index in [1.165, 1.54) is 38.5 Å². The molecule has 0 aliphatic heterocycles. The van der Waals surface area contributed by atoms with Gasteiger partial charge in [0.2, 0.25) is 0 Å². The number of rotatable bonds is 8. The van der Waals surface area contributed by atoms with Gasteiger partial charge in [-0.25, -0.2) is 0 Å². The van der Waals surface area contributed by atoms with Crippen LogP contribution in [0.1, 0.15) is 79.6 Å². The summed E-state index contributed by atoms with van der Waals surface area (Å²) in [5, 5.41) is 18.6. The van der Waals surface area contributed by atoms with Gasteiger partial charge in [0, 0.05) is 18.4 Å². The first-order chi connectivity index (χ1) is 9.11. The maximum atomic E-state index is 9.28. The Morgan fingerprint density at radius 3 is 1.57 bits per heavy atom. The van der Waals surface area contributed by atoms with Gasteiger partial charge in [0.25, 0.3) is 0 Å². The van der Waals surface area contributed by atoms with Gasteiger partial charge < -0.3 is 25.7 Å². The van der Waals surface area contributed by atoms with Crippen molar-refractivity contribution in [2.45, 2.75) is 79.6 Å². The van der Waals surface area contributed by atoms with Crippen molar-refractivity contribution >= 4 is 11.9 Å². The SMILES string of the molecule is CCCCCCC[C-](C)C(C)(C)C.O=C([O-])CC(=O)[O-].[Li+].[Na+].[Na+]. The van der Waals surface area contributed by atoms with Crippen LogP contribution in [-0.2, 0) is 9.59 Å². The molecule has 23 heavy (non-hydrogen) atoms. The van der Waals surface area contributed by atoms with E-state index in [1.54, 1.807) is 5.92 Å². The standard InChI is InChI=1S/C13H27.C3H4O4.Li.2Na/c1-6-7-8-9-10-11-12(2)13(3,4)5;4-2(5)1-3(6)7;;;/h6-11H2,1-5H3;1H2,(H,4,5)(H,6,7);;;/q-1;;3*+1/p-2. The zero-order chi connectivity index (χ0) is 16.2. The van der Waals surface area contributed by atoms with Crippen LogP contribution >= 0.6 is 0 Å². The molecular weight excluding hydrogens is 309 g/mol. The summed E-state index contributed by atoms with van der Waals surface area (Å²) < 4.78 is 0. The molecule has 0 saturated heterocycles. The Hall–Kier alpha value is 1.54. The van der Waals surface area contributed by atoms with Crippen LogP contribution in [0.15, 0.2) is 0 Å². The molecule has 4 nitrogen and oxygen atoms in total. The summed E-state index contributed by atoms with van der Waals surface area (Å²) in [5.74, 6) is -1.59. The van der Waals surface area contributed by atoms with E-state index >= 15 is 0 Å². The predicted molar refractivity (Wildman–Crippen MR) is 76.4 cm³/mol. The van der Waals surface area contributed by atoms with Gasteiger partial charge in [-0.15, -0.1) is 0 Å². The van der Waals surface area contributed by atoms with Crippen molar-refractivity contribution in [3.8, 4) is 0 Å². The third-order valence-corrected chi connectivity index (χ3v) is 3.22. The summed E-state index contributed by atoms with van der Waals surface area (Å²) in [6.07, 6.45) is 7.29. The molecule has 0 heterocycles. The zero-order valence-electron chi connectivity index (χ0n) is 16.6. The summed E-state index contributed by atoms with van der Waals surface area (Å²) >= 11 is 0. The normalized spacial score (nSPS) is 9.48. The Balaban J connectivity index is -0.0000000945. The van der Waals surface area contributed by atoms with E-state index in [-0.39, 0.29) is 78.0 Å². The number of carbonyl (C=O) groups excluding carboxylic acids is 2. The van der Waals surface area contributed by atoms with Crippen LogP contribution in [0, 0.1) is 11.3 Å². The number of carboxylic acids is 2. The van der Waals surface area contributed by atoms with Gasteiger partial charge >= 0.3 is 78.0 Å². The van der Waals surface area contributed by atoms with Gasteiger partial charge in [-0.3, -0.25) is 0 Å². The summed E-state index contributed by atoms with van der Waals surface area (Å²) in [6.45, 7) is 11.5. The van der Waals surface area contributed by atoms with Crippen LogP contribution in [0.2, 0.25) is 0 Å². The van der Waals surface area contributed by atoms with E-state index < -0.39 is 18.4 Å². The van der Waals surface area contributed by atoms with E-state index in [9.17, 15) is 19.8 Å². The Morgan fingerprint density at radius 2 is 1.30 bits per heavy atom. The van der Waals surface area contributed by atoms with Gasteiger partial charge in [0.05, 0.1) is 0 Å². The van der Waals surface area contributed by atoms with Crippen LogP contribution in [0.25, 0.3) is 0 Å². The van der Waals surface area contributed by atoms with Crippen LogP contribution in [0.5, 0.6) is 0 Å². The Kier molecular flexibility index (Phi) is 33.4. The Bertz CT molecular complexity index is 270. The number of hydrogen-bond acceptors (Lipinski definition) is 4.